The average Bonchev–Trinajstić information content (AvgIpc) is 2.38. The highest BCUT2D eigenvalue weighted by molar-refractivity contribution is 7.89. The Morgan fingerprint density at radius 3 is 2.48 bits per heavy atom. The number of rotatable bonds is 4. The van der Waals surface area contributed by atoms with Crippen LogP contribution in [0.25, 0.3) is 0 Å². The summed E-state index contributed by atoms with van der Waals surface area (Å²) in [5.74, 6) is -2.16. The van der Waals surface area contributed by atoms with E-state index >= 15 is 0 Å². The molecule has 0 amide bonds. The van der Waals surface area contributed by atoms with E-state index in [0.29, 0.717) is 12.5 Å². The van der Waals surface area contributed by atoms with E-state index < -0.39 is 43.7 Å². The van der Waals surface area contributed by atoms with Crippen molar-refractivity contribution < 1.29 is 21.9 Å². The van der Waals surface area contributed by atoms with Gasteiger partial charge >= 0.3 is 0 Å². The summed E-state index contributed by atoms with van der Waals surface area (Å²) in [6.07, 6.45) is 0.412. The van der Waals surface area contributed by atoms with Crippen molar-refractivity contribution in [2.75, 3.05) is 12.8 Å². The van der Waals surface area contributed by atoms with E-state index in [1.807, 2.05) is 13.8 Å². The van der Waals surface area contributed by atoms with Crippen LogP contribution in [-0.2, 0) is 14.8 Å². The van der Waals surface area contributed by atoms with Crippen molar-refractivity contribution >= 4 is 15.7 Å². The minimum atomic E-state index is -4.12. The van der Waals surface area contributed by atoms with Gasteiger partial charge in [-0.15, -0.1) is 0 Å². The molecule has 1 fully saturated rings. The minimum absolute atomic E-state index is 0.0756. The van der Waals surface area contributed by atoms with E-state index in [-0.39, 0.29) is 6.10 Å². The lowest BCUT2D eigenvalue weighted by Gasteiger charge is -2.50. The smallest absolute Gasteiger partial charge is 0.243 e. The fourth-order valence-electron chi connectivity index (χ4n) is 2.49. The molecule has 1 saturated carbocycles. The number of halogens is 2. The molecule has 0 aromatic heterocycles. The summed E-state index contributed by atoms with van der Waals surface area (Å²) < 4.78 is 58.9. The highest BCUT2D eigenvalue weighted by Crippen LogP contribution is 2.43. The summed E-state index contributed by atoms with van der Waals surface area (Å²) in [4.78, 5) is -0.655. The van der Waals surface area contributed by atoms with Crippen molar-refractivity contribution in [3.63, 3.8) is 0 Å². The van der Waals surface area contributed by atoms with Crippen LogP contribution in [0.15, 0.2) is 17.0 Å². The van der Waals surface area contributed by atoms with Crippen molar-refractivity contribution in [2.45, 2.75) is 37.3 Å². The monoisotopic (exact) mass is 320 g/mol. The Bertz CT molecular complexity index is 662. The van der Waals surface area contributed by atoms with Crippen LogP contribution in [0.3, 0.4) is 0 Å². The Hall–Kier alpha value is -1.25. The zero-order valence-corrected chi connectivity index (χ0v) is 12.8. The quantitative estimate of drug-likeness (QED) is 0.826. The third-order valence-electron chi connectivity index (χ3n) is 4.10. The van der Waals surface area contributed by atoms with Gasteiger partial charge in [0.25, 0.3) is 0 Å². The molecule has 0 heterocycles. The molecule has 0 spiro atoms. The van der Waals surface area contributed by atoms with Crippen molar-refractivity contribution in [3.8, 4) is 0 Å². The fourth-order valence-corrected chi connectivity index (χ4v) is 3.99. The number of nitrogen functional groups attached to an aromatic ring is 1. The maximum Gasteiger partial charge on any atom is 0.243 e. The van der Waals surface area contributed by atoms with Crippen molar-refractivity contribution in [3.05, 3.63) is 23.8 Å². The van der Waals surface area contributed by atoms with Gasteiger partial charge < -0.3 is 10.5 Å². The Balaban J connectivity index is 2.27. The summed E-state index contributed by atoms with van der Waals surface area (Å²) >= 11 is 0. The Morgan fingerprint density at radius 1 is 1.33 bits per heavy atom. The number of methoxy groups -OCH3 is 1. The van der Waals surface area contributed by atoms with Crippen LogP contribution in [0, 0.1) is 17.0 Å². The lowest BCUT2D eigenvalue weighted by Crippen LogP contribution is -2.61. The van der Waals surface area contributed by atoms with E-state index in [4.69, 9.17) is 10.5 Å². The first kappa shape index (κ1) is 16.1. The van der Waals surface area contributed by atoms with Gasteiger partial charge in [0.15, 0.2) is 0 Å². The van der Waals surface area contributed by atoms with Crippen LogP contribution in [0.4, 0.5) is 14.5 Å². The second kappa shape index (κ2) is 5.19. The standard InChI is InChI=1S/C13H18F2N2O3S/c1-13(2)11(6-12(13)20-3)17-21(18,19)10-5-9(16)7(14)4-8(10)15/h4-5,11-12,17H,6,16H2,1-3H3. The number of hydrogen-bond acceptors (Lipinski definition) is 4. The second-order valence-electron chi connectivity index (χ2n) is 5.76. The summed E-state index contributed by atoms with van der Waals surface area (Å²) in [5, 5.41) is 0. The SMILES string of the molecule is COC1CC(NS(=O)(=O)c2cc(N)c(F)cc2F)C1(C)C. The van der Waals surface area contributed by atoms with Crippen LogP contribution < -0.4 is 10.5 Å². The van der Waals surface area contributed by atoms with Gasteiger partial charge in [-0.3, -0.25) is 0 Å². The maximum atomic E-state index is 13.7. The van der Waals surface area contributed by atoms with Crippen LogP contribution in [-0.4, -0.2) is 27.7 Å². The third kappa shape index (κ3) is 2.75. The van der Waals surface area contributed by atoms with Gasteiger partial charge in [0, 0.05) is 24.6 Å². The number of sulfonamides is 1. The van der Waals surface area contributed by atoms with Crippen LogP contribution in [0.1, 0.15) is 20.3 Å². The third-order valence-corrected chi connectivity index (χ3v) is 5.59. The Labute approximate surface area is 122 Å². The summed E-state index contributed by atoms with van der Waals surface area (Å²) in [7, 11) is -2.57. The van der Waals surface area contributed by atoms with E-state index in [9.17, 15) is 17.2 Å². The molecule has 0 bridgehead atoms. The average molecular weight is 320 g/mol. The van der Waals surface area contributed by atoms with Crippen LogP contribution >= 0.6 is 0 Å². The summed E-state index contributed by atoms with van der Waals surface area (Å²) in [6.45, 7) is 3.71. The van der Waals surface area contributed by atoms with Gasteiger partial charge in [0.2, 0.25) is 10.0 Å². The molecule has 1 aliphatic rings. The Kier molecular flexibility index (Phi) is 3.98. The second-order valence-corrected chi connectivity index (χ2v) is 7.44. The molecular formula is C13H18F2N2O3S. The molecule has 5 nitrogen and oxygen atoms in total. The zero-order chi connectivity index (χ0) is 16.0. The molecule has 1 aliphatic carbocycles. The highest BCUT2D eigenvalue weighted by Gasteiger charge is 2.50. The molecule has 118 valence electrons. The highest BCUT2D eigenvalue weighted by atomic mass is 32.2. The summed E-state index contributed by atoms with van der Waals surface area (Å²) in [6, 6.07) is 0.860. The van der Waals surface area contributed by atoms with Gasteiger partial charge in [-0.2, -0.15) is 0 Å². The topological polar surface area (TPSA) is 81.4 Å². The molecule has 8 heteroatoms. The van der Waals surface area contributed by atoms with Gasteiger partial charge in [0.05, 0.1) is 11.8 Å². The lowest BCUT2D eigenvalue weighted by atomic mass is 9.65. The molecule has 3 N–H and O–H groups in total. The maximum absolute atomic E-state index is 13.7. The first-order valence-corrected chi connectivity index (χ1v) is 7.87. The number of nitrogens with one attached hydrogen (secondary N) is 1. The Morgan fingerprint density at radius 2 is 1.95 bits per heavy atom. The van der Waals surface area contributed by atoms with Crippen LogP contribution in [0.2, 0.25) is 0 Å². The molecule has 0 radical (unpaired) electrons. The van der Waals surface area contributed by atoms with Gasteiger partial charge in [-0.05, 0) is 12.5 Å². The normalized spacial score (nSPS) is 24.6. The molecule has 2 unspecified atom stereocenters. The predicted molar refractivity (Wildman–Crippen MR) is 74.1 cm³/mol. The molecule has 2 atom stereocenters. The van der Waals surface area contributed by atoms with E-state index in [2.05, 4.69) is 4.72 Å². The lowest BCUT2D eigenvalue weighted by molar-refractivity contribution is -0.0908. The zero-order valence-electron chi connectivity index (χ0n) is 12.0. The largest absolute Gasteiger partial charge is 0.396 e. The molecule has 21 heavy (non-hydrogen) atoms. The van der Waals surface area contributed by atoms with Crippen molar-refractivity contribution in [1.82, 2.24) is 4.72 Å². The van der Waals surface area contributed by atoms with Gasteiger partial charge in [-0.25, -0.2) is 21.9 Å². The molecule has 0 aliphatic heterocycles. The van der Waals surface area contributed by atoms with E-state index in [1.165, 1.54) is 0 Å². The predicted octanol–water partition coefficient (Wildman–Crippen LogP) is 1.64. The van der Waals surface area contributed by atoms with Crippen LogP contribution in [0.5, 0.6) is 0 Å². The van der Waals surface area contributed by atoms with E-state index in [1.54, 1.807) is 7.11 Å². The molecular weight excluding hydrogens is 302 g/mol. The van der Waals surface area contributed by atoms with Gasteiger partial charge in [-0.1, -0.05) is 13.8 Å². The summed E-state index contributed by atoms with van der Waals surface area (Å²) in [5.41, 5.74) is 4.48. The number of nitrogens with two attached hydrogens (primary N) is 1. The molecule has 0 saturated heterocycles. The first-order chi connectivity index (χ1) is 9.59. The molecule has 1 aromatic carbocycles. The number of benzene rings is 1. The number of anilines is 1. The van der Waals surface area contributed by atoms with Crippen molar-refractivity contribution in [1.29, 1.82) is 0 Å². The van der Waals surface area contributed by atoms with E-state index in [0.717, 1.165) is 6.07 Å². The van der Waals surface area contributed by atoms with Gasteiger partial charge in [0.1, 0.15) is 16.5 Å². The molecule has 2 rings (SSSR count). The fraction of sp³-hybridized carbons (Fsp3) is 0.538. The minimum Gasteiger partial charge on any atom is -0.396 e. The number of hydrogen-bond donors (Lipinski definition) is 2. The number of ether oxygens (including phenoxy) is 1. The first-order valence-electron chi connectivity index (χ1n) is 6.39. The van der Waals surface area contributed by atoms with Crippen molar-refractivity contribution in [2.24, 2.45) is 5.41 Å². The molecule has 1 aromatic rings.